The fourth-order valence-electron chi connectivity index (χ4n) is 1.11. The van der Waals surface area contributed by atoms with E-state index in [0.717, 1.165) is 25.9 Å². The third-order valence-electron chi connectivity index (χ3n) is 3.36. The zero-order valence-corrected chi connectivity index (χ0v) is 13.1. The Morgan fingerprint density at radius 1 is 1.06 bits per heavy atom. The first kappa shape index (κ1) is 16.7. The van der Waals surface area contributed by atoms with Crippen LogP contribution in [0.2, 0.25) is 18.1 Å². The minimum absolute atomic E-state index is 0.278. The molecule has 3 heteroatoms. The van der Waals surface area contributed by atoms with E-state index in [0.29, 0.717) is 13.2 Å². The van der Waals surface area contributed by atoms with Crippen LogP contribution in [0.15, 0.2) is 0 Å². The van der Waals surface area contributed by atoms with Crippen LogP contribution in [0.25, 0.3) is 0 Å². The topological polar surface area (TPSA) is 18.5 Å². The second-order valence-electron chi connectivity index (χ2n) is 5.88. The van der Waals surface area contributed by atoms with Gasteiger partial charge in [0.25, 0.3) is 0 Å². The summed E-state index contributed by atoms with van der Waals surface area (Å²) in [5.74, 6) is 2.63. The van der Waals surface area contributed by atoms with Gasteiger partial charge in [0.15, 0.2) is 8.32 Å². The van der Waals surface area contributed by atoms with E-state index in [9.17, 15) is 0 Å². The van der Waals surface area contributed by atoms with Gasteiger partial charge in [0.1, 0.15) is 0 Å². The SMILES string of the molecule is C#CCCCCOCCO[Si](C)(C)C(C)(C)C. The van der Waals surface area contributed by atoms with Crippen LogP contribution in [0.4, 0.5) is 0 Å². The molecule has 0 radical (unpaired) electrons. The van der Waals surface area contributed by atoms with Gasteiger partial charge in [-0.05, 0) is 31.0 Å². The molecule has 0 aliphatic carbocycles. The molecule has 0 heterocycles. The number of ether oxygens (including phenoxy) is 1. The van der Waals surface area contributed by atoms with E-state index < -0.39 is 8.32 Å². The second kappa shape index (κ2) is 7.92. The van der Waals surface area contributed by atoms with Gasteiger partial charge < -0.3 is 9.16 Å². The summed E-state index contributed by atoms with van der Waals surface area (Å²) in [6, 6.07) is 0. The van der Waals surface area contributed by atoms with Crippen molar-refractivity contribution >= 4 is 8.32 Å². The Bertz CT molecular complexity index is 236. The van der Waals surface area contributed by atoms with Gasteiger partial charge >= 0.3 is 0 Å². The van der Waals surface area contributed by atoms with Crippen molar-refractivity contribution in [3.8, 4) is 12.3 Å². The van der Waals surface area contributed by atoms with E-state index in [1.807, 2.05) is 0 Å². The summed E-state index contributed by atoms with van der Waals surface area (Å²) in [6.45, 7) is 13.5. The molecule has 17 heavy (non-hydrogen) atoms. The smallest absolute Gasteiger partial charge is 0.192 e. The van der Waals surface area contributed by atoms with Crippen molar-refractivity contribution in [3.63, 3.8) is 0 Å². The van der Waals surface area contributed by atoms with Gasteiger partial charge in [0.2, 0.25) is 0 Å². The molecule has 2 nitrogen and oxygen atoms in total. The molecule has 100 valence electrons. The molecule has 0 N–H and O–H groups in total. The molecule has 0 amide bonds. The minimum atomic E-state index is -1.59. The third-order valence-corrected chi connectivity index (χ3v) is 7.89. The number of terminal acetylenes is 1. The highest BCUT2D eigenvalue weighted by Gasteiger charge is 2.36. The fourth-order valence-corrected chi connectivity index (χ4v) is 2.13. The fraction of sp³-hybridized carbons (Fsp3) is 0.857. The van der Waals surface area contributed by atoms with Crippen LogP contribution in [0.5, 0.6) is 0 Å². The molecule has 0 saturated carbocycles. The van der Waals surface area contributed by atoms with Crippen molar-refractivity contribution in [1.82, 2.24) is 0 Å². The van der Waals surface area contributed by atoms with Crippen molar-refractivity contribution in [2.75, 3.05) is 19.8 Å². The largest absolute Gasteiger partial charge is 0.414 e. The maximum absolute atomic E-state index is 6.00. The molecule has 0 saturated heterocycles. The van der Waals surface area contributed by atoms with Crippen molar-refractivity contribution in [3.05, 3.63) is 0 Å². The van der Waals surface area contributed by atoms with Gasteiger partial charge in [-0.3, -0.25) is 0 Å². The standard InChI is InChI=1S/C14H28O2Si/c1-7-8-9-10-11-15-12-13-16-17(5,6)14(2,3)4/h1H,8-13H2,2-6H3. The molecule has 0 aliphatic rings. The Morgan fingerprint density at radius 3 is 2.24 bits per heavy atom. The highest BCUT2D eigenvalue weighted by atomic mass is 28.4. The van der Waals surface area contributed by atoms with Crippen LogP contribution < -0.4 is 0 Å². The lowest BCUT2D eigenvalue weighted by Gasteiger charge is -2.36. The molecule has 0 atom stereocenters. The molecule has 0 bridgehead atoms. The lowest BCUT2D eigenvalue weighted by atomic mass is 10.2. The van der Waals surface area contributed by atoms with E-state index in [1.54, 1.807) is 0 Å². The molecule has 0 unspecified atom stereocenters. The van der Waals surface area contributed by atoms with E-state index in [1.165, 1.54) is 0 Å². The zero-order valence-electron chi connectivity index (χ0n) is 12.1. The van der Waals surface area contributed by atoms with Crippen molar-refractivity contribution < 1.29 is 9.16 Å². The highest BCUT2D eigenvalue weighted by Crippen LogP contribution is 2.36. The molecule has 0 aromatic rings. The first-order valence-corrected chi connectivity index (χ1v) is 9.37. The average molecular weight is 256 g/mol. The highest BCUT2D eigenvalue weighted by molar-refractivity contribution is 6.74. The Hall–Kier alpha value is -0.303. The van der Waals surface area contributed by atoms with Crippen molar-refractivity contribution in [2.45, 2.75) is 58.2 Å². The first-order valence-electron chi connectivity index (χ1n) is 6.46. The van der Waals surface area contributed by atoms with Gasteiger partial charge in [-0.2, -0.15) is 0 Å². The van der Waals surface area contributed by atoms with Crippen LogP contribution in [0.1, 0.15) is 40.0 Å². The molecule has 0 fully saturated rings. The van der Waals surface area contributed by atoms with Crippen molar-refractivity contribution in [2.24, 2.45) is 0 Å². The molecular weight excluding hydrogens is 228 g/mol. The van der Waals surface area contributed by atoms with E-state index >= 15 is 0 Å². The normalized spacial score (nSPS) is 12.5. The molecule has 0 aromatic carbocycles. The molecule has 0 rings (SSSR count). The molecular formula is C14H28O2Si. The Morgan fingerprint density at radius 2 is 1.71 bits per heavy atom. The minimum Gasteiger partial charge on any atom is -0.414 e. The van der Waals surface area contributed by atoms with Crippen LogP contribution >= 0.6 is 0 Å². The van der Waals surface area contributed by atoms with Gasteiger partial charge in [0, 0.05) is 13.0 Å². The third kappa shape index (κ3) is 7.59. The van der Waals surface area contributed by atoms with Crippen LogP contribution in [-0.2, 0) is 9.16 Å². The summed E-state index contributed by atoms with van der Waals surface area (Å²) in [7, 11) is -1.59. The number of rotatable bonds is 8. The Kier molecular flexibility index (Phi) is 7.77. The summed E-state index contributed by atoms with van der Waals surface area (Å²) in [5, 5.41) is 0.278. The van der Waals surface area contributed by atoms with Gasteiger partial charge in [-0.1, -0.05) is 20.8 Å². The predicted octanol–water partition coefficient (Wildman–Crippen LogP) is 3.83. The summed E-state index contributed by atoms with van der Waals surface area (Å²) in [6.07, 6.45) is 8.13. The average Bonchev–Trinajstić information content (AvgIpc) is 2.20. The summed E-state index contributed by atoms with van der Waals surface area (Å²) < 4.78 is 11.5. The van der Waals surface area contributed by atoms with E-state index in [2.05, 4.69) is 39.8 Å². The van der Waals surface area contributed by atoms with Gasteiger partial charge in [-0.25, -0.2) is 0 Å². The van der Waals surface area contributed by atoms with Gasteiger partial charge in [-0.15, -0.1) is 12.3 Å². The zero-order chi connectivity index (χ0) is 13.4. The number of hydrogen-bond acceptors (Lipinski definition) is 2. The first-order chi connectivity index (χ1) is 7.81. The predicted molar refractivity (Wildman–Crippen MR) is 76.7 cm³/mol. The van der Waals surface area contributed by atoms with E-state index in [4.69, 9.17) is 15.6 Å². The van der Waals surface area contributed by atoms with Gasteiger partial charge in [0.05, 0.1) is 13.2 Å². The van der Waals surface area contributed by atoms with Crippen LogP contribution in [0, 0.1) is 12.3 Å². The lowest BCUT2D eigenvalue weighted by molar-refractivity contribution is 0.0930. The van der Waals surface area contributed by atoms with Crippen LogP contribution in [-0.4, -0.2) is 28.1 Å². The van der Waals surface area contributed by atoms with Crippen LogP contribution in [0.3, 0.4) is 0 Å². The maximum Gasteiger partial charge on any atom is 0.192 e. The quantitative estimate of drug-likeness (QED) is 0.373. The molecule has 0 aromatic heterocycles. The monoisotopic (exact) mass is 256 g/mol. The number of hydrogen-bond donors (Lipinski definition) is 0. The summed E-state index contributed by atoms with van der Waals surface area (Å²) in [4.78, 5) is 0. The van der Waals surface area contributed by atoms with Crippen molar-refractivity contribution in [1.29, 1.82) is 0 Å². The summed E-state index contributed by atoms with van der Waals surface area (Å²) in [5.41, 5.74) is 0. The second-order valence-corrected chi connectivity index (χ2v) is 10.7. The number of unbranched alkanes of at least 4 members (excludes halogenated alkanes) is 2. The maximum atomic E-state index is 6.00. The summed E-state index contributed by atoms with van der Waals surface area (Å²) >= 11 is 0. The van der Waals surface area contributed by atoms with E-state index in [-0.39, 0.29) is 5.04 Å². The Balaban J connectivity index is 3.49. The Labute approximate surface area is 108 Å². The molecule has 0 aliphatic heterocycles. The molecule has 0 spiro atoms. The lowest BCUT2D eigenvalue weighted by Crippen LogP contribution is -2.41.